The van der Waals surface area contributed by atoms with Crippen LogP contribution in [-0.4, -0.2) is 8.42 Å². The van der Waals surface area contributed by atoms with Crippen LogP contribution in [0.2, 0.25) is 0 Å². The lowest BCUT2D eigenvalue weighted by atomic mass is 10.2. The highest BCUT2D eigenvalue weighted by atomic mass is 79.9. The summed E-state index contributed by atoms with van der Waals surface area (Å²) in [6, 6.07) is 2.56. The van der Waals surface area contributed by atoms with Crippen LogP contribution in [0.25, 0.3) is 0 Å². The first-order valence-electron chi connectivity index (χ1n) is 3.23. The molecule has 2 nitrogen and oxygen atoms in total. The fourth-order valence-corrected chi connectivity index (χ4v) is 2.52. The van der Waals surface area contributed by atoms with Crippen molar-refractivity contribution in [2.24, 2.45) is 0 Å². The summed E-state index contributed by atoms with van der Waals surface area (Å²) in [5, 5.41) is 0. The van der Waals surface area contributed by atoms with Gasteiger partial charge in [-0.1, -0.05) is 0 Å². The van der Waals surface area contributed by atoms with Gasteiger partial charge >= 0.3 is 0 Å². The van der Waals surface area contributed by atoms with Crippen molar-refractivity contribution in [1.29, 1.82) is 0 Å². The third-order valence-electron chi connectivity index (χ3n) is 1.55. The van der Waals surface area contributed by atoms with Crippen molar-refractivity contribution < 1.29 is 12.8 Å². The van der Waals surface area contributed by atoms with E-state index in [1.54, 1.807) is 0 Å². The van der Waals surface area contributed by atoms with Gasteiger partial charge in [0.15, 0.2) is 0 Å². The summed E-state index contributed by atoms with van der Waals surface area (Å²) < 4.78 is 35.2. The first-order chi connectivity index (χ1) is 5.84. The summed E-state index contributed by atoms with van der Waals surface area (Å²) in [5.41, 5.74) is 0.0179. The summed E-state index contributed by atoms with van der Waals surface area (Å²) in [6.07, 6.45) is 0. The first kappa shape index (κ1) is 10.9. The molecule has 1 aromatic carbocycles. The van der Waals surface area contributed by atoms with E-state index in [1.807, 2.05) is 0 Å². The van der Waals surface area contributed by atoms with Crippen molar-refractivity contribution in [1.82, 2.24) is 0 Å². The van der Waals surface area contributed by atoms with Crippen LogP contribution in [0.4, 0.5) is 4.39 Å². The highest BCUT2D eigenvalue weighted by molar-refractivity contribution is 9.10. The zero-order valence-corrected chi connectivity index (χ0v) is 9.67. The first-order valence-corrected chi connectivity index (χ1v) is 6.33. The third kappa shape index (κ3) is 2.21. The van der Waals surface area contributed by atoms with E-state index in [0.29, 0.717) is 0 Å². The molecule has 1 aromatic rings. The topological polar surface area (TPSA) is 34.1 Å². The highest BCUT2D eigenvalue weighted by Gasteiger charge is 2.17. The number of hydrogen-bond acceptors (Lipinski definition) is 2. The minimum absolute atomic E-state index is 0.0179. The van der Waals surface area contributed by atoms with E-state index in [4.69, 9.17) is 10.7 Å². The lowest BCUT2D eigenvalue weighted by Crippen LogP contribution is -1.97. The molecule has 0 saturated heterocycles. The maximum Gasteiger partial charge on any atom is 0.261 e. The Morgan fingerprint density at radius 2 is 2.00 bits per heavy atom. The Morgan fingerprint density at radius 1 is 1.46 bits per heavy atom. The highest BCUT2D eigenvalue weighted by Crippen LogP contribution is 2.26. The van der Waals surface area contributed by atoms with Gasteiger partial charge in [-0.25, -0.2) is 12.8 Å². The molecule has 0 bridgehead atoms. The Balaban J connectivity index is 3.53. The number of benzene rings is 1. The number of rotatable bonds is 1. The molecule has 6 heteroatoms. The largest absolute Gasteiger partial charge is 0.261 e. The van der Waals surface area contributed by atoms with E-state index in [-0.39, 0.29) is 14.9 Å². The molecule has 1 rings (SSSR count). The Kier molecular flexibility index (Phi) is 2.99. The van der Waals surface area contributed by atoms with Gasteiger partial charge in [-0.3, -0.25) is 0 Å². The lowest BCUT2D eigenvalue weighted by molar-refractivity contribution is 0.593. The van der Waals surface area contributed by atoms with Crippen molar-refractivity contribution in [3.8, 4) is 0 Å². The maximum atomic E-state index is 13.2. The third-order valence-corrected chi connectivity index (χ3v) is 3.63. The van der Waals surface area contributed by atoms with Crippen LogP contribution < -0.4 is 0 Å². The van der Waals surface area contributed by atoms with Crippen LogP contribution in [0.1, 0.15) is 5.56 Å². The van der Waals surface area contributed by atoms with E-state index < -0.39 is 14.9 Å². The molecule has 0 heterocycles. The van der Waals surface area contributed by atoms with E-state index in [2.05, 4.69) is 15.9 Å². The fourth-order valence-electron chi connectivity index (χ4n) is 0.898. The average molecular weight is 288 g/mol. The van der Waals surface area contributed by atoms with E-state index in [9.17, 15) is 12.8 Å². The van der Waals surface area contributed by atoms with Crippen LogP contribution in [0.15, 0.2) is 21.5 Å². The molecule has 0 N–H and O–H groups in total. The Hall–Kier alpha value is -0.130. The number of hydrogen-bond donors (Lipinski definition) is 0. The summed E-state index contributed by atoms with van der Waals surface area (Å²) in [7, 11) is 1.22. The quantitative estimate of drug-likeness (QED) is 0.744. The standard InChI is InChI=1S/C7H5BrClFO2S/c1-4-6(13(9,11)12)3-2-5(8)7(4)10/h2-3H,1H3. The lowest BCUT2D eigenvalue weighted by Gasteiger charge is -2.03. The molecule has 0 aliphatic rings. The molecule has 0 radical (unpaired) electrons. The van der Waals surface area contributed by atoms with Gasteiger partial charge in [-0.05, 0) is 35.0 Å². The minimum atomic E-state index is -3.86. The molecule has 0 spiro atoms. The minimum Gasteiger partial charge on any atom is -0.207 e. The second kappa shape index (κ2) is 3.55. The van der Waals surface area contributed by atoms with Gasteiger partial charge in [0.25, 0.3) is 9.05 Å². The van der Waals surface area contributed by atoms with Gasteiger partial charge in [0.05, 0.1) is 9.37 Å². The van der Waals surface area contributed by atoms with Crippen molar-refractivity contribution in [2.45, 2.75) is 11.8 Å². The molecule has 0 amide bonds. The van der Waals surface area contributed by atoms with Gasteiger partial charge < -0.3 is 0 Å². The van der Waals surface area contributed by atoms with Gasteiger partial charge in [-0.15, -0.1) is 0 Å². The smallest absolute Gasteiger partial charge is 0.207 e. The monoisotopic (exact) mass is 286 g/mol. The van der Waals surface area contributed by atoms with Crippen LogP contribution in [0.3, 0.4) is 0 Å². The molecule has 13 heavy (non-hydrogen) atoms. The zero-order chi connectivity index (χ0) is 10.2. The van der Waals surface area contributed by atoms with Crippen LogP contribution in [0.5, 0.6) is 0 Å². The summed E-state index contributed by atoms with van der Waals surface area (Å²) in [6.45, 7) is 1.36. The zero-order valence-electron chi connectivity index (χ0n) is 6.51. The molecule has 0 aromatic heterocycles. The molecule has 0 aliphatic heterocycles. The molecule has 0 aliphatic carbocycles. The van der Waals surface area contributed by atoms with Crippen LogP contribution >= 0.6 is 26.6 Å². The SMILES string of the molecule is Cc1c(S(=O)(=O)Cl)ccc(Br)c1F. The number of halogens is 3. The molecular weight excluding hydrogens is 282 g/mol. The molecule has 0 atom stereocenters. The normalized spacial score (nSPS) is 11.7. The van der Waals surface area contributed by atoms with Crippen molar-refractivity contribution >= 4 is 35.7 Å². The maximum absolute atomic E-state index is 13.2. The van der Waals surface area contributed by atoms with E-state index in [0.717, 1.165) is 0 Å². The Bertz CT molecular complexity index is 444. The molecule has 0 fully saturated rings. The second-order valence-electron chi connectivity index (χ2n) is 2.42. The predicted octanol–water partition coefficient (Wildman–Crippen LogP) is 2.82. The van der Waals surface area contributed by atoms with E-state index >= 15 is 0 Å². The van der Waals surface area contributed by atoms with Crippen molar-refractivity contribution in [3.63, 3.8) is 0 Å². The molecule has 0 unspecified atom stereocenters. The van der Waals surface area contributed by atoms with Crippen molar-refractivity contribution in [3.05, 3.63) is 28.0 Å². The van der Waals surface area contributed by atoms with Crippen LogP contribution in [0, 0.1) is 12.7 Å². The summed E-state index contributed by atoms with van der Waals surface area (Å²) in [5.74, 6) is -0.610. The fraction of sp³-hybridized carbons (Fsp3) is 0.143. The predicted molar refractivity (Wildman–Crippen MR) is 51.9 cm³/mol. The van der Waals surface area contributed by atoms with Crippen molar-refractivity contribution in [2.75, 3.05) is 0 Å². The van der Waals surface area contributed by atoms with E-state index in [1.165, 1.54) is 19.1 Å². The summed E-state index contributed by atoms with van der Waals surface area (Å²) in [4.78, 5) is -0.199. The summed E-state index contributed by atoms with van der Waals surface area (Å²) >= 11 is 2.93. The molecular formula is C7H5BrClFO2S. The van der Waals surface area contributed by atoms with Gasteiger partial charge in [0, 0.05) is 16.2 Å². The van der Waals surface area contributed by atoms with Gasteiger partial charge in [0.1, 0.15) is 5.82 Å². The second-order valence-corrected chi connectivity index (χ2v) is 5.81. The van der Waals surface area contributed by atoms with Gasteiger partial charge in [-0.2, -0.15) is 0 Å². The Morgan fingerprint density at radius 3 is 2.46 bits per heavy atom. The average Bonchev–Trinajstić information content (AvgIpc) is 1.98. The molecule has 72 valence electrons. The Labute approximate surface area is 88.3 Å². The van der Waals surface area contributed by atoms with Gasteiger partial charge in [0.2, 0.25) is 0 Å². The molecule has 0 saturated carbocycles. The van der Waals surface area contributed by atoms with Crippen LogP contribution in [-0.2, 0) is 9.05 Å².